The number of nitrogens with one attached hydrogen (secondary N) is 1. The van der Waals surface area contributed by atoms with Gasteiger partial charge in [0.2, 0.25) is 5.91 Å². The highest BCUT2D eigenvalue weighted by Gasteiger charge is 2.15. The van der Waals surface area contributed by atoms with E-state index in [2.05, 4.69) is 91.2 Å². The van der Waals surface area contributed by atoms with E-state index in [9.17, 15) is 4.79 Å². The Bertz CT molecular complexity index is 1070. The Morgan fingerprint density at radius 1 is 1.16 bits per heavy atom. The van der Waals surface area contributed by atoms with Crippen LogP contribution in [0.2, 0.25) is 0 Å². The van der Waals surface area contributed by atoms with Crippen molar-refractivity contribution in [3.8, 4) is 17.0 Å². The lowest BCUT2D eigenvalue weighted by Crippen LogP contribution is -2.13. The van der Waals surface area contributed by atoms with E-state index in [-0.39, 0.29) is 11.3 Å². The molecule has 0 aliphatic rings. The largest absolute Gasteiger partial charge is 0.492 e. The number of benzene rings is 2. The number of ether oxygens (including phenoxy) is 1. The minimum atomic E-state index is -0.0485. The quantitative estimate of drug-likeness (QED) is 0.346. The van der Waals surface area contributed by atoms with Crippen molar-refractivity contribution in [3.05, 3.63) is 62.9 Å². The van der Waals surface area contributed by atoms with Gasteiger partial charge in [0.1, 0.15) is 5.75 Å². The molecule has 0 aliphatic carbocycles. The Hall–Kier alpha value is -2.18. The minimum Gasteiger partial charge on any atom is -0.492 e. The van der Waals surface area contributed by atoms with Gasteiger partial charge in [0.05, 0.1) is 16.8 Å². The molecule has 0 saturated heterocycles. The van der Waals surface area contributed by atoms with E-state index < -0.39 is 0 Å². The normalized spacial score (nSPS) is 11.4. The van der Waals surface area contributed by atoms with Gasteiger partial charge in [-0.2, -0.15) is 0 Å². The number of halogens is 1. The maximum atomic E-state index is 12.3. The minimum absolute atomic E-state index is 0.0485. The summed E-state index contributed by atoms with van der Waals surface area (Å²) in [4.78, 5) is 16.9. The molecule has 0 bridgehead atoms. The molecule has 3 rings (SSSR count). The number of thiazole rings is 1. The number of carbonyl (C=O) groups is 1. The molecule has 164 valence electrons. The third kappa shape index (κ3) is 6.40. The van der Waals surface area contributed by atoms with Crippen LogP contribution in [0.25, 0.3) is 11.3 Å². The summed E-state index contributed by atoms with van der Waals surface area (Å²) in [6, 6.07) is 12.5. The molecule has 4 nitrogen and oxygen atoms in total. The number of aromatic nitrogens is 1. The third-order valence-electron chi connectivity index (χ3n) is 5.02. The van der Waals surface area contributed by atoms with Gasteiger partial charge in [-0.25, -0.2) is 4.98 Å². The van der Waals surface area contributed by atoms with Crippen LogP contribution in [-0.2, 0) is 10.2 Å². The van der Waals surface area contributed by atoms with Crippen LogP contribution in [0.15, 0.2) is 46.3 Å². The van der Waals surface area contributed by atoms with E-state index in [1.54, 1.807) is 0 Å². The maximum Gasteiger partial charge on any atom is 0.226 e. The van der Waals surface area contributed by atoms with Gasteiger partial charge in [0, 0.05) is 17.4 Å². The number of carbonyl (C=O) groups excluding carboxylic acids is 1. The standard InChI is InChI=1S/C25H29BrN2O2S/c1-16-8-9-17(2)19(13-16)21-15-31-24(27-21)28-23(29)7-6-12-30-22-11-10-18(14-20(22)26)25(3,4)5/h8-11,13-15H,6-7,12H2,1-5H3,(H,27,28,29). The molecule has 0 atom stereocenters. The fourth-order valence-corrected chi connectivity index (χ4v) is 4.37. The Morgan fingerprint density at radius 3 is 2.65 bits per heavy atom. The monoisotopic (exact) mass is 500 g/mol. The molecule has 1 heterocycles. The van der Waals surface area contributed by atoms with Crippen molar-refractivity contribution in [3.63, 3.8) is 0 Å². The molecule has 0 unspecified atom stereocenters. The van der Waals surface area contributed by atoms with Gasteiger partial charge in [-0.15, -0.1) is 11.3 Å². The first-order valence-electron chi connectivity index (χ1n) is 10.4. The van der Waals surface area contributed by atoms with Crippen LogP contribution in [0.1, 0.15) is 50.3 Å². The Labute approximate surface area is 197 Å². The molecular weight excluding hydrogens is 472 g/mol. The molecule has 0 saturated carbocycles. The summed E-state index contributed by atoms with van der Waals surface area (Å²) in [6.45, 7) is 11.2. The number of amides is 1. The molecule has 2 aromatic carbocycles. The summed E-state index contributed by atoms with van der Waals surface area (Å²) in [5, 5.41) is 5.52. The van der Waals surface area contributed by atoms with Crippen molar-refractivity contribution in [1.29, 1.82) is 0 Å². The third-order valence-corrected chi connectivity index (χ3v) is 6.40. The molecule has 0 aliphatic heterocycles. The molecule has 3 aromatic rings. The average Bonchev–Trinajstić information content (AvgIpc) is 3.15. The molecule has 0 spiro atoms. The van der Waals surface area contributed by atoms with Crippen molar-refractivity contribution in [1.82, 2.24) is 4.98 Å². The first kappa shape index (κ1) is 23.5. The van der Waals surface area contributed by atoms with Crippen molar-refractivity contribution in [2.75, 3.05) is 11.9 Å². The van der Waals surface area contributed by atoms with E-state index in [0.29, 0.717) is 24.6 Å². The van der Waals surface area contributed by atoms with Gasteiger partial charge >= 0.3 is 0 Å². The number of rotatable bonds is 7. The van der Waals surface area contributed by atoms with Gasteiger partial charge in [-0.1, -0.05) is 44.5 Å². The van der Waals surface area contributed by atoms with E-state index in [4.69, 9.17) is 4.74 Å². The van der Waals surface area contributed by atoms with Crippen LogP contribution in [-0.4, -0.2) is 17.5 Å². The highest BCUT2D eigenvalue weighted by atomic mass is 79.9. The predicted molar refractivity (Wildman–Crippen MR) is 133 cm³/mol. The lowest BCUT2D eigenvalue weighted by Gasteiger charge is -2.20. The molecule has 31 heavy (non-hydrogen) atoms. The predicted octanol–water partition coefficient (Wildman–Crippen LogP) is 7.28. The van der Waals surface area contributed by atoms with Crippen molar-refractivity contribution in [2.45, 2.75) is 52.9 Å². The number of aryl methyl sites for hydroxylation is 2. The first-order chi connectivity index (χ1) is 14.6. The Kier molecular flexibility index (Phi) is 7.55. The van der Waals surface area contributed by atoms with Gasteiger partial charge in [0.25, 0.3) is 0 Å². The molecule has 1 amide bonds. The van der Waals surface area contributed by atoms with Crippen LogP contribution in [0.5, 0.6) is 5.75 Å². The second-order valence-corrected chi connectivity index (χ2v) is 10.5. The van der Waals surface area contributed by atoms with E-state index >= 15 is 0 Å². The summed E-state index contributed by atoms with van der Waals surface area (Å²) in [5.41, 5.74) is 5.70. The summed E-state index contributed by atoms with van der Waals surface area (Å²) < 4.78 is 6.79. The maximum absolute atomic E-state index is 12.3. The number of hydrogen-bond donors (Lipinski definition) is 1. The lowest BCUT2D eigenvalue weighted by atomic mass is 9.87. The smallest absolute Gasteiger partial charge is 0.226 e. The summed E-state index contributed by atoms with van der Waals surface area (Å²) in [6.07, 6.45) is 1.02. The Morgan fingerprint density at radius 2 is 1.94 bits per heavy atom. The fraction of sp³-hybridized carbons (Fsp3) is 0.360. The number of anilines is 1. The summed E-state index contributed by atoms with van der Waals surface area (Å²) >= 11 is 5.03. The number of nitrogens with zero attached hydrogens (tertiary/aromatic N) is 1. The van der Waals surface area contributed by atoms with E-state index in [0.717, 1.165) is 21.5 Å². The fourth-order valence-electron chi connectivity index (χ4n) is 3.15. The molecule has 1 aromatic heterocycles. The lowest BCUT2D eigenvalue weighted by molar-refractivity contribution is -0.116. The second kappa shape index (κ2) is 9.96. The van der Waals surface area contributed by atoms with Crippen molar-refractivity contribution >= 4 is 38.3 Å². The van der Waals surface area contributed by atoms with Crippen molar-refractivity contribution < 1.29 is 9.53 Å². The van der Waals surface area contributed by atoms with Crippen LogP contribution >= 0.6 is 27.3 Å². The number of hydrogen-bond acceptors (Lipinski definition) is 4. The van der Waals surface area contributed by atoms with E-state index in [1.165, 1.54) is 28.0 Å². The van der Waals surface area contributed by atoms with Crippen LogP contribution in [0.3, 0.4) is 0 Å². The zero-order valence-electron chi connectivity index (χ0n) is 18.7. The molecule has 6 heteroatoms. The van der Waals surface area contributed by atoms with Crippen molar-refractivity contribution in [2.24, 2.45) is 0 Å². The van der Waals surface area contributed by atoms with Crippen LogP contribution in [0.4, 0.5) is 5.13 Å². The zero-order valence-corrected chi connectivity index (χ0v) is 21.1. The molecule has 0 fully saturated rings. The Balaban J connectivity index is 1.48. The molecule has 1 N–H and O–H groups in total. The molecular formula is C25H29BrN2O2S. The first-order valence-corrected chi connectivity index (χ1v) is 12.1. The zero-order chi connectivity index (χ0) is 22.6. The van der Waals surface area contributed by atoms with Gasteiger partial charge in [-0.3, -0.25) is 4.79 Å². The molecule has 0 radical (unpaired) electrons. The van der Waals surface area contributed by atoms with Gasteiger partial charge in [0.15, 0.2) is 5.13 Å². The topological polar surface area (TPSA) is 51.2 Å². The summed E-state index contributed by atoms with van der Waals surface area (Å²) in [7, 11) is 0. The summed E-state index contributed by atoms with van der Waals surface area (Å²) in [5.74, 6) is 0.749. The second-order valence-electron chi connectivity index (χ2n) is 8.75. The average molecular weight is 501 g/mol. The highest BCUT2D eigenvalue weighted by Crippen LogP contribution is 2.32. The SMILES string of the molecule is Cc1ccc(C)c(-c2csc(NC(=O)CCCOc3ccc(C(C)(C)C)cc3Br)n2)c1. The van der Waals surface area contributed by atoms with Crippen LogP contribution < -0.4 is 10.1 Å². The highest BCUT2D eigenvalue weighted by molar-refractivity contribution is 9.10. The van der Waals surface area contributed by atoms with E-state index in [1.807, 2.05) is 11.4 Å². The van der Waals surface area contributed by atoms with Gasteiger partial charge in [-0.05, 0) is 70.9 Å². The van der Waals surface area contributed by atoms with Crippen LogP contribution in [0, 0.1) is 13.8 Å². The van der Waals surface area contributed by atoms with Gasteiger partial charge < -0.3 is 10.1 Å².